The Balaban J connectivity index is 1.99. The van der Waals surface area contributed by atoms with Gasteiger partial charge in [0.05, 0.1) is 17.2 Å². The molecule has 1 unspecified atom stereocenters. The molecule has 1 aliphatic rings. The summed E-state index contributed by atoms with van der Waals surface area (Å²) in [6.07, 6.45) is 3.25. The average Bonchev–Trinajstić information content (AvgIpc) is 2.82. The maximum Gasteiger partial charge on any atom is 0.174 e. The number of carbonyl (C=O) groups is 1. The molecule has 1 heterocycles. The van der Waals surface area contributed by atoms with Gasteiger partial charge in [-0.2, -0.15) is 0 Å². The zero-order valence-corrected chi connectivity index (χ0v) is 9.77. The van der Waals surface area contributed by atoms with E-state index in [9.17, 15) is 9.18 Å². The lowest BCUT2D eigenvalue weighted by Gasteiger charge is -2.10. The minimum Gasteiger partial charge on any atom is -0.293 e. The van der Waals surface area contributed by atoms with Crippen LogP contribution in [0.3, 0.4) is 0 Å². The van der Waals surface area contributed by atoms with E-state index in [2.05, 4.69) is 4.98 Å². The number of pyridine rings is 1. The van der Waals surface area contributed by atoms with Gasteiger partial charge in [-0.25, -0.2) is 4.39 Å². The third kappa shape index (κ3) is 1.72. The smallest absolute Gasteiger partial charge is 0.174 e. The van der Waals surface area contributed by atoms with Crippen molar-refractivity contribution >= 4 is 5.78 Å². The highest BCUT2D eigenvalue weighted by Gasteiger charge is 2.31. The first-order valence-corrected chi connectivity index (χ1v) is 6.00. The molecule has 1 aromatic heterocycles. The van der Waals surface area contributed by atoms with Crippen LogP contribution >= 0.6 is 0 Å². The van der Waals surface area contributed by atoms with Gasteiger partial charge in [-0.15, -0.1) is 0 Å². The summed E-state index contributed by atoms with van der Waals surface area (Å²) in [6.45, 7) is 0. The van der Waals surface area contributed by atoms with Crippen LogP contribution in [0.1, 0.15) is 34.0 Å². The van der Waals surface area contributed by atoms with Crippen molar-refractivity contribution in [3.8, 4) is 0 Å². The number of halogens is 1. The highest BCUT2D eigenvalue weighted by atomic mass is 19.1. The zero-order valence-electron chi connectivity index (χ0n) is 9.77. The topological polar surface area (TPSA) is 30.0 Å². The second-order valence-electron chi connectivity index (χ2n) is 4.48. The van der Waals surface area contributed by atoms with E-state index in [4.69, 9.17) is 0 Å². The van der Waals surface area contributed by atoms with E-state index in [1.807, 2.05) is 12.1 Å². The Morgan fingerprint density at radius 3 is 2.89 bits per heavy atom. The summed E-state index contributed by atoms with van der Waals surface area (Å²) >= 11 is 0. The lowest BCUT2D eigenvalue weighted by molar-refractivity contribution is 0.0954. The molecule has 0 saturated heterocycles. The predicted octanol–water partition coefficient (Wildman–Crippen LogP) is 3.13. The molecule has 90 valence electrons. The molecule has 2 aromatic rings. The van der Waals surface area contributed by atoms with E-state index in [-0.39, 0.29) is 17.3 Å². The maximum absolute atomic E-state index is 13.6. The summed E-state index contributed by atoms with van der Waals surface area (Å²) in [5.41, 5.74) is 2.08. The summed E-state index contributed by atoms with van der Waals surface area (Å²) in [5, 5.41) is 0. The van der Waals surface area contributed by atoms with E-state index in [0.717, 1.165) is 24.1 Å². The second kappa shape index (κ2) is 4.33. The van der Waals surface area contributed by atoms with Crippen LogP contribution in [0.2, 0.25) is 0 Å². The molecule has 2 nitrogen and oxygen atoms in total. The van der Waals surface area contributed by atoms with Gasteiger partial charge in [-0.3, -0.25) is 9.78 Å². The average molecular weight is 241 g/mol. The summed E-state index contributed by atoms with van der Waals surface area (Å²) in [5.74, 6) is -0.907. The second-order valence-corrected chi connectivity index (χ2v) is 4.48. The Bertz CT molecular complexity index is 609. The number of fused-ring (bicyclic) bond motifs is 1. The number of hydrogen-bond acceptors (Lipinski definition) is 2. The number of aromatic nitrogens is 1. The van der Waals surface area contributed by atoms with Crippen molar-refractivity contribution in [1.29, 1.82) is 0 Å². The minimum atomic E-state index is -0.452. The Labute approximate surface area is 104 Å². The Hall–Kier alpha value is -2.03. The molecule has 0 amide bonds. The minimum absolute atomic E-state index is 0.162. The summed E-state index contributed by atoms with van der Waals surface area (Å²) in [6, 6.07) is 9.99. The molecule has 18 heavy (non-hydrogen) atoms. The number of nitrogens with zero attached hydrogens (tertiary/aromatic N) is 1. The SMILES string of the molecule is O=C(c1ccccc1F)C1CCc2cccnc21. The molecule has 0 bridgehead atoms. The number of carbonyl (C=O) groups excluding carboxylic acids is 1. The zero-order chi connectivity index (χ0) is 12.5. The molecule has 0 saturated carbocycles. The molecule has 1 aliphatic carbocycles. The fourth-order valence-electron chi connectivity index (χ4n) is 2.52. The summed E-state index contributed by atoms with van der Waals surface area (Å²) in [7, 11) is 0. The lowest BCUT2D eigenvalue weighted by atomic mass is 9.95. The van der Waals surface area contributed by atoms with Gasteiger partial charge in [0.2, 0.25) is 0 Å². The third-order valence-electron chi connectivity index (χ3n) is 3.41. The maximum atomic E-state index is 13.6. The van der Waals surface area contributed by atoms with Gasteiger partial charge in [0.1, 0.15) is 5.82 Å². The number of benzene rings is 1. The van der Waals surface area contributed by atoms with Crippen molar-refractivity contribution in [2.24, 2.45) is 0 Å². The number of hydrogen-bond donors (Lipinski definition) is 0. The van der Waals surface area contributed by atoms with Crippen molar-refractivity contribution < 1.29 is 9.18 Å². The van der Waals surface area contributed by atoms with E-state index < -0.39 is 5.82 Å². The number of Topliss-reactive ketones (excluding diaryl/α,β-unsaturated/α-hetero) is 1. The van der Waals surface area contributed by atoms with Crippen molar-refractivity contribution in [2.75, 3.05) is 0 Å². The van der Waals surface area contributed by atoms with Gasteiger partial charge in [-0.1, -0.05) is 18.2 Å². The van der Waals surface area contributed by atoms with Gasteiger partial charge in [0.25, 0.3) is 0 Å². The molecule has 1 aromatic carbocycles. The quantitative estimate of drug-likeness (QED) is 0.756. The molecule has 3 heteroatoms. The Kier molecular flexibility index (Phi) is 2.67. The molecule has 0 radical (unpaired) electrons. The van der Waals surface area contributed by atoms with E-state index >= 15 is 0 Å². The van der Waals surface area contributed by atoms with Crippen molar-refractivity contribution in [3.63, 3.8) is 0 Å². The van der Waals surface area contributed by atoms with E-state index in [1.165, 1.54) is 6.07 Å². The van der Waals surface area contributed by atoms with Crippen molar-refractivity contribution in [3.05, 3.63) is 65.2 Å². The molecule has 0 spiro atoms. The van der Waals surface area contributed by atoms with Crippen LogP contribution in [0.5, 0.6) is 0 Å². The van der Waals surface area contributed by atoms with Crippen LogP contribution in [0.25, 0.3) is 0 Å². The van der Waals surface area contributed by atoms with Crippen LogP contribution in [0.15, 0.2) is 42.6 Å². The van der Waals surface area contributed by atoms with Crippen LogP contribution in [-0.4, -0.2) is 10.8 Å². The molecular formula is C15H12FNO. The van der Waals surface area contributed by atoms with Gasteiger partial charge in [0.15, 0.2) is 5.78 Å². The van der Waals surface area contributed by atoms with E-state index in [0.29, 0.717) is 0 Å². The molecular weight excluding hydrogens is 229 g/mol. The van der Waals surface area contributed by atoms with Crippen LogP contribution in [-0.2, 0) is 6.42 Å². The first kappa shape index (κ1) is 11.1. The van der Waals surface area contributed by atoms with Crippen molar-refractivity contribution in [1.82, 2.24) is 4.98 Å². The van der Waals surface area contributed by atoms with E-state index in [1.54, 1.807) is 24.4 Å². The first-order chi connectivity index (χ1) is 8.77. The normalized spacial score (nSPS) is 17.5. The predicted molar refractivity (Wildman–Crippen MR) is 66.0 cm³/mol. The standard InChI is InChI=1S/C15H12FNO/c16-13-6-2-1-5-11(13)15(18)12-8-7-10-4-3-9-17-14(10)12/h1-6,9,12H,7-8H2. The molecule has 1 atom stereocenters. The van der Waals surface area contributed by atoms with Gasteiger partial charge >= 0.3 is 0 Å². The number of aryl methyl sites for hydroxylation is 1. The Morgan fingerprint density at radius 2 is 2.06 bits per heavy atom. The largest absolute Gasteiger partial charge is 0.293 e. The third-order valence-corrected chi connectivity index (χ3v) is 3.41. The summed E-state index contributed by atoms with van der Waals surface area (Å²) in [4.78, 5) is 16.6. The van der Waals surface area contributed by atoms with Gasteiger partial charge < -0.3 is 0 Å². The first-order valence-electron chi connectivity index (χ1n) is 6.00. The highest BCUT2D eigenvalue weighted by molar-refractivity contribution is 6.01. The van der Waals surface area contributed by atoms with Crippen molar-refractivity contribution in [2.45, 2.75) is 18.8 Å². The summed E-state index contributed by atoms with van der Waals surface area (Å²) < 4.78 is 13.6. The molecule has 0 aliphatic heterocycles. The number of ketones is 1. The Morgan fingerprint density at radius 1 is 1.22 bits per heavy atom. The van der Waals surface area contributed by atoms with Gasteiger partial charge in [0, 0.05) is 6.20 Å². The molecule has 3 rings (SSSR count). The fraction of sp³-hybridized carbons (Fsp3) is 0.200. The number of rotatable bonds is 2. The van der Waals surface area contributed by atoms with Gasteiger partial charge in [-0.05, 0) is 36.6 Å². The molecule has 0 N–H and O–H groups in total. The monoisotopic (exact) mass is 241 g/mol. The fourth-order valence-corrected chi connectivity index (χ4v) is 2.52. The molecule has 0 fully saturated rings. The lowest BCUT2D eigenvalue weighted by Crippen LogP contribution is -2.12. The van der Waals surface area contributed by atoms with Crippen LogP contribution in [0, 0.1) is 5.82 Å². The highest BCUT2D eigenvalue weighted by Crippen LogP contribution is 2.34. The van der Waals surface area contributed by atoms with Crippen LogP contribution < -0.4 is 0 Å². The van der Waals surface area contributed by atoms with Crippen LogP contribution in [0.4, 0.5) is 4.39 Å².